The van der Waals surface area contributed by atoms with Crippen molar-refractivity contribution in [2.75, 3.05) is 31.1 Å². The molecule has 0 radical (unpaired) electrons. The van der Waals surface area contributed by atoms with E-state index in [0.717, 1.165) is 43.7 Å². The highest BCUT2D eigenvalue weighted by Crippen LogP contribution is 2.32. The van der Waals surface area contributed by atoms with E-state index < -0.39 is 5.91 Å². The first-order chi connectivity index (χ1) is 8.65. The van der Waals surface area contributed by atoms with E-state index >= 15 is 0 Å². The van der Waals surface area contributed by atoms with Gasteiger partial charge in [0.05, 0.1) is 10.6 Å². The highest BCUT2D eigenvalue weighted by atomic mass is 35.5. The highest BCUT2D eigenvalue weighted by molar-refractivity contribution is 6.34. The van der Waals surface area contributed by atoms with Crippen LogP contribution in [0.2, 0.25) is 5.02 Å². The van der Waals surface area contributed by atoms with Crippen LogP contribution >= 0.6 is 11.6 Å². The molecule has 0 bridgehead atoms. The van der Waals surface area contributed by atoms with E-state index in [1.54, 1.807) is 6.07 Å². The van der Waals surface area contributed by atoms with E-state index in [4.69, 9.17) is 17.3 Å². The van der Waals surface area contributed by atoms with Crippen LogP contribution in [0.25, 0.3) is 0 Å². The second-order valence-electron chi connectivity index (χ2n) is 5.11. The molecule has 2 aliphatic rings. The number of halogens is 1. The minimum absolute atomic E-state index is 0.390. The Hall–Kier alpha value is -1.26. The third kappa shape index (κ3) is 1.95. The van der Waals surface area contributed by atoms with Crippen molar-refractivity contribution in [1.82, 2.24) is 5.32 Å². The Morgan fingerprint density at radius 3 is 2.56 bits per heavy atom. The number of hydrogen-bond acceptors (Lipinski definition) is 3. The normalized spacial score (nSPS) is 26.4. The number of rotatable bonds is 2. The van der Waals surface area contributed by atoms with Gasteiger partial charge in [-0.25, -0.2) is 0 Å². The van der Waals surface area contributed by atoms with Gasteiger partial charge in [0.2, 0.25) is 5.91 Å². The fourth-order valence-electron chi connectivity index (χ4n) is 2.97. The maximum Gasteiger partial charge on any atom is 0.250 e. The van der Waals surface area contributed by atoms with Gasteiger partial charge >= 0.3 is 0 Å². The first-order valence-corrected chi connectivity index (χ1v) is 6.58. The summed E-state index contributed by atoms with van der Waals surface area (Å²) in [5.74, 6) is 0.994. The molecule has 2 fully saturated rings. The molecule has 2 atom stereocenters. The summed E-state index contributed by atoms with van der Waals surface area (Å²) < 4.78 is 0. The lowest BCUT2D eigenvalue weighted by Crippen LogP contribution is -2.25. The molecule has 0 aromatic heterocycles. The molecule has 2 heterocycles. The van der Waals surface area contributed by atoms with E-state index in [1.807, 2.05) is 12.1 Å². The second kappa shape index (κ2) is 4.44. The quantitative estimate of drug-likeness (QED) is 0.842. The Bertz CT molecular complexity index is 479. The Balaban J connectivity index is 1.81. The minimum Gasteiger partial charge on any atom is -0.371 e. The van der Waals surface area contributed by atoms with Crippen molar-refractivity contribution in [3.63, 3.8) is 0 Å². The summed E-state index contributed by atoms with van der Waals surface area (Å²) in [6, 6.07) is 5.49. The van der Waals surface area contributed by atoms with E-state index in [9.17, 15) is 4.79 Å². The Morgan fingerprint density at radius 1 is 1.33 bits per heavy atom. The van der Waals surface area contributed by atoms with Crippen LogP contribution < -0.4 is 16.0 Å². The SMILES string of the molecule is NC(=O)c1ccc(N2CC3CNCC3C2)cc1Cl. The summed E-state index contributed by atoms with van der Waals surface area (Å²) in [5, 5.41) is 3.86. The fraction of sp³-hybridized carbons (Fsp3) is 0.462. The average molecular weight is 266 g/mol. The van der Waals surface area contributed by atoms with Gasteiger partial charge < -0.3 is 16.0 Å². The summed E-state index contributed by atoms with van der Waals surface area (Å²) in [6.45, 7) is 4.33. The number of hydrogen-bond donors (Lipinski definition) is 2. The zero-order valence-corrected chi connectivity index (χ0v) is 10.8. The topological polar surface area (TPSA) is 58.4 Å². The Morgan fingerprint density at radius 2 is 2.00 bits per heavy atom. The molecule has 0 spiro atoms. The van der Waals surface area contributed by atoms with Gasteiger partial charge in [-0.15, -0.1) is 0 Å². The van der Waals surface area contributed by atoms with Gasteiger partial charge in [-0.2, -0.15) is 0 Å². The third-order valence-electron chi connectivity index (χ3n) is 3.97. The van der Waals surface area contributed by atoms with Gasteiger partial charge in [0, 0.05) is 31.9 Å². The molecule has 2 unspecified atom stereocenters. The van der Waals surface area contributed by atoms with Crippen molar-refractivity contribution in [2.24, 2.45) is 17.6 Å². The van der Waals surface area contributed by atoms with Crippen LogP contribution in [0.15, 0.2) is 18.2 Å². The molecule has 18 heavy (non-hydrogen) atoms. The largest absolute Gasteiger partial charge is 0.371 e. The number of carbonyl (C=O) groups excluding carboxylic acids is 1. The average Bonchev–Trinajstić information content (AvgIpc) is 2.87. The number of primary amides is 1. The predicted molar refractivity (Wildman–Crippen MR) is 72.0 cm³/mol. The van der Waals surface area contributed by atoms with E-state index in [1.165, 1.54) is 0 Å². The van der Waals surface area contributed by atoms with Gasteiger partial charge in [-0.05, 0) is 30.0 Å². The van der Waals surface area contributed by atoms with Crippen molar-refractivity contribution in [1.29, 1.82) is 0 Å². The van der Waals surface area contributed by atoms with E-state index in [-0.39, 0.29) is 0 Å². The monoisotopic (exact) mass is 265 g/mol. The fourth-order valence-corrected chi connectivity index (χ4v) is 3.23. The van der Waals surface area contributed by atoms with Crippen molar-refractivity contribution >= 4 is 23.2 Å². The minimum atomic E-state index is -0.478. The first-order valence-electron chi connectivity index (χ1n) is 6.20. The number of nitrogens with two attached hydrogens (primary N) is 1. The molecular weight excluding hydrogens is 250 g/mol. The maximum atomic E-state index is 11.1. The number of fused-ring (bicyclic) bond motifs is 1. The van der Waals surface area contributed by atoms with Crippen LogP contribution in [0.1, 0.15) is 10.4 Å². The molecule has 96 valence electrons. The zero-order valence-electron chi connectivity index (χ0n) is 10.0. The number of benzene rings is 1. The summed E-state index contributed by atoms with van der Waals surface area (Å²) in [6.07, 6.45) is 0. The molecule has 0 aliphatic carbocycles. The molecule has 2 saturated heterocycles. The molecule has 0 saturated carbocycles. The molecular formula is C13H16ClN3O. The van der Waals surface area contributed by atoms with Crippen molar-refractivity contribution in [3.8, 4) is 0 Å². The van der Waals surface area contributed by atoms with Gasteiger partial charge in [-0.3, -0.25) is 4.79 Å². The lowest BCUT2D eigenvalue weighted by Gasteiger charge is -2.20. The Labute approximate surface area is 111 Å². The molecule has 3 rings (SSSR count). The van der Waals surface area contributed by atoms with Crippen LogP contribution in [0.3, 0.4) is 0 Å². The van der Waals surface area contributed by atoms with Crippen molar-refractivity contribution in [2.45, 2.75) is 0 Å². The molecule has 1 aromatic carbocycles. The first kappa shape index (κ1) is 11.8. The van der Waals surface area contributed by atoms with Crippen LogP contribution in [0, 0.1) is 11.8 Å². The lowest BCUT2D eigenvalue weighted by molar-refractivity contribution is 0.100. The van der Waals surface area contributed by atoms with Crippen LogP contribution in [0.4, 0.5) is 5.69 Å². The summed E-state index contributed by atoms with van der Waals surface area (Å²) in [7, 11) is 0. The standard InChI is InChI=1S/C13H16ClN3O/c14-12-3-10(1-2-11(12)13(15)18)17-6-8-4-16-5-9(8)7-17/h1-3,8-9,16H,4-7H2,(H2,15,18). The number of nitrogens with one attached hydrogen (secondary N) is 1. The summed E-state index contributed by atoms with van der Waals surface area (Å²) in [4.78, 5) is 13.5. The zero-order chi connectivity index (χ0) is 12.7. The number of amides is 1. The van der Waals surface area contributed by atoms with Crippen molar-refractivity contribution in [3.05, 3.63) is 28.8 Å². The lowest BCUT2D eigenvalue weighted by atomic mass is 10.0. The molecule has 4 nitrogen and oxygen atoms in total. The second-order valence-corrected chi connectivity index (χ2v) is 5.52. The van der Waals surface area contributed by atoms with E-state index in [0.29, 0.717) is 10.6 Å². The summed E-state index contributed by atoms with van der Waals surface area (Å²) in [5.41, 5.74) is 6.72. The Kier molecular flexibility index (Phi) is 2.92. The molecule has 5 heteroatoms. The van der Waals surface area contributed by atoms with Gasteiger partial charge in [0.25, 0.3) is 0 Å². The van der Waals surface area contributed by atoms with Crippen LogP contribution in [-0.4, -0.2) is 32.1 Å². The number of carbonyl (C=O) groups is 1. The van der Waals surface area contributed by atoms with Crippen LogP contribution in [0.5, 0.6) is 0 Å². The number of anilines is 1. The van der Waals surface area contributed by atoms with Gasteiger partial charge in [-0.1, -0.05) is 11.6 Å². The highest BCUT2D eigenvalue weighted by Gasteiger charge is 2.36. The smallest absolute Gasteiger partial charge is 0.250 e. The summed E-state index contributed by atoms with van der Waals surface area (Å²) >= 11 is 6.08. The molecule has 1 amide bonds. The van der Waals surface area contributed by atoms with Gasteiger partial charge in [0.1, 0.15) is 0 Å². The third-order valence-corrected chi connectivity index (χ3v) is 4.29. The molecule has 3 N–H and O–H groups in total. The van der Waals surface area contributed by atoms with E-state index in [2.05, 4.69) is 10.2 Å². The molecule has 2 aliphatic heterocycles. The maximum absolute atomic E-state index is 11.1. The van der Waals surface area contributed by atoms with Crippen molar-refractivity contribution < 1.29 is 4.79 Å². The van der Waals surface area contributed by atoms with Gasteiger partial charge in [0.15, 0.2) is 0 Å². The molecule has 1 aromatic rings. The predicted octanol–water partition coefficient (Wildman–Crippen LogP) is 1.09. The van der Waals surface area contributed by atoms with Crippen LogP contribution in [-0.2, 0) is 0 Å². The number of nitrogens with zero attached hydrogens (tertiary/aromatic N) is 1.